The molecule has 3 rings (SSSR count). The molecule has 0 spiro atoms. The van der Waals surface area contributed by atoms with Gasteiger partial charge in [0.1, 0.15) is 5.82 Å². The van der Waals surface area contributed by atoms with Gasteiger partial charge in [0, 0.05) is 18.6 Å². The van der Waals surface area contributed by atoms with E-state index in [4.69, 9.17) is 0 Å². The fraction of sp³-hybridized carbons (Fsp3) is 0.467. The Labute approximate surface area is 130 Å². The molecule has 1 aromatic heterocycles. The molecule has 1 aromatic carbocycles. The van der Waals surface area contributed by atoms with Crippen LogP contribution in [0.3, 0.4) is 0 Å². The molecule has 22 heavy (non-hydrogen) atoms. The minimum atomic E-state index is -3.24. The predicted octanol–water partition coefficient (Wildman–Crippen LogP) is 1.27. The smallest absolute Gasteiger partial charge is 0.175 e. The summed E-state index contributed by atoms with van der Waals surface area (Å²) in [5, 5.41) is 10.6. The van der Waals surface area contributed by atoms with Crippen molar-refractivity contribution in [3.8, 4) is 0 Å². The molecule has 6 nitrogen and oxygen atoms in total. The summed E-state index contributed by atoms with van der Waals surface area (Å²) >= 11 is 0. The largest absolute Gasteiger partial charge is 0.317 e. The monoisotopic (exact) mass is 320 g/mol. The first-order valence-corrected chi connectivity index (χ1v) is 9.33. The lowest BCUT2D eigenvalue weighted by molar-refractivity contribution is 0.446. The van der Waals surface area contributed by atoms with E-state index in [1.54, 1.807) is 12.1 Å². The molecule has 2 heterocycles. The second-order valence-electron chi connectivity index (χ2n) is 5.72. The summed E-state index contributed by atoms with van der Waals surface area (Å²) in [7, 11) is -3.24. The highest BCUT2D eigenvalue weighted by molar-refractivity contribution is 7.90. The number of aromatic nitrogens is 3. The lowest BCUT2D eigenvalue weighted by atomic mass is 9.98. The summed E-state index contributed by atoms with van der Waals surface area (Å²) in [6.07, 6.45) is 3.75. The van der Waals surface area contributed by atoms with Crippen LogP contribution < -0.4 is 5.32 Å². The summed E-state index contributed by atoms with van der Waals surface area (Å²) in [4.78, 5) is 4.92. The highest BCUT2D eigenvalue weighted by atomic mass is 32.2. The molecule has 1 aliphatic rings. The van der Waals surface area contributed by atoms with Gasteiger partial charge in [-0.3, -0.25) is 5.10 Å². The number of aromatic amines is 1. The van der Waals surface area contributed by atoms with Crippen molar-refractivity contribution >= 4 is 9.84 Å². The molecule has 0 atom stereocenters. The SMILES string of the molecule is CS(=O)(=O)c1ccccc1Cc1nc(C2CCNCC2)n[nH]1. The van der Waals surface area contributed by atoms with Gasteiger partial charge in [-0.05, 0) is 37.6 Å². The first kappa shape index (κ1) is 15.2. The minimum Gasteiger partial charge on any atom is -0.317 e. The number of nitrogens with zero attached hydrogens (tertiary/aromatic N) is 2. The Hall–Kier alpha value is -1.73. The minimum absolute atomic E-state index is 0.356. The van der Waals surface area contributed by atoms with E-state index in [0.717, 1.165) is 37.3 Å². The number of sulfone groups is 1. The van der Waals surface area contributed by atoms with Crippen LogP contribution in [0.15, 0.2) is 29.2 Å². The van der Waals surface area contributed by atoms with E-state index in [2.05, 4.69) is 20.5 Å². The van der Waals surface area contributed by atoms with Gasteiger partial charge in [0.25, 0.3) is 0 Å². The number of H-pyrrole nitrogens is 1. The number of nitrogens with one attached hydrogen (secondary N) is 2. The molecule has 0 amide bonds. The van der Waals surface area contributed by atoms with Crippen molar-refractivity contribution in [1.29, 1.82) is 0 Å². The lowest BCUT2D eigenvalue weighted by Gasteiger charge is -2.19. The van der Waals surface area contributed by atoms with E-state index in [9.17, 15) is 8.42 Å². The molecule has 0 bridgehead atoms. The van der Waals surface area contributed by atoms with Crippen LogP contribution in [-0.2, 0) is 16.3 Å². The Kier molecular flexibility index (Phi) is 4.26. The molecule has 1 saturated heterocycles. The van der Waals surface area contributed by atoms with Crippen LogP contribution in [0.4, 0.5) is 0 Å². The van der Waals surface area contributed by atoms with Crippen LogP contribution in [0.5, 0.6) is 0 Å². The zero-order valence-electron chi connectivity index (χ0n) is 12.5. The number of benzene rings is 1. The average molecular weight is 320 g/mol. The van der Waals surface area contributed by atoms with Crippen LogP contribution >= 0.6 is 0 Å². The maximum atomic E-state index is 11.8. The van der Waals surface area contributed by atoms with Gasteiger partial charge in [-0.1, -0.05) is 18.2 Å². The Balaban J connectivity index is 1.81. The third-order valence-corrected chi connectivity index (χ3v) is 5.18. The van der Waals surface area contributed by atoms with Crippen molar-refractivity contribution in [3.05, 3.63) is 41.5 Å². The molecule has 1 aliphatic heterocycles. The van der Waals surface area contributed by atoms with Gasteiger partial charge in [0.2, 0.25) is 0 Å². The first-order valence-electron chi connectivity index (χ1n) is 7.44. The third kappa shape index (κ3) is 3.36. The van der Waals surface area contributed by atoms with E-state index in [1.807, 2.05) is 12.1 Å². The normalized spacial score (nSPS) is 16.8. The number of hydrogen-bond donors (Lipinski definition) is 2. The van der Waals surface area contributed by atoms with Crippen molar-refractivity contribution in [1.82, 2.24) is 20.5 Å². The maximum Gasteiger partial charge on any atom is 0.175 e. The Morgan fingerprint density at radius 1 is 1.23 bits per heavy atom. The molecule has 2 aromatic rings. The summed E-state index contributed by atoms with van der Waals surface area (Å²) < 4.78 is 23.7. The van der Waals surface area contributed by atoms with E-state index < -0.39 is 9.84 Å². The topological polar surface area (TPSA) is 87.7 Å². The van der Waals surface area contributed by atoms with Gasteiger partial charge in [-0.15, -0.1) is 0 Å². The van der Waals surface area contributed by atoms with E-state index in [-0.39, 0.29) is 0 Å². The number of hydrogen-bond acceptors (Lipinski definition) is 5. The van der Waals surface area contributed by atoms with Crippen LogP contribution in [-0.4, -0.2) is 42.9 Å². The van der Waals surface area contributed by atoms with Crippen molar-refractivity contribution in [3.63, 3.8) is 0 Å². The van der Waals surface area contributed by atoms with Gasteiger partial charge in [-0.25, -0.2) is 13.4 Å². The van der Waals surface area contributed by atoms with Gasteiger partial charge in [0.15, 0.2) is 15.7 Å². The Bertz CT molecular complexity index is 748. The van der Waals surface area contributed by atoms with Gasteiger partial charge < -0.3 is 5.32 Å². The van der Waals surface area contributed by atoms with Crippen LogP contribution in [0.2, 0.25) is 0 Å². The number of piperidine rings is 1. The van der Waals surface area contributed by atoms with Gasteiger partial charge >= 0.3 is 0 Å². The molecule has 0 aliphatic carbocycles. The van der Waals surface area contributed by atoms with Crippen LogP contribution in [0.1, 0.15) is 36.0 Å². The van der Waals surface area contributed by atoms with Crippen molar-refractivity contribution < 1.29 is 8.42 Å². The molecule has 0 radical (unpaired) electrons. The lowest BCUT2D eigenvalue weighted by Crippen LogP contribution is -2.27. The van der Waals surface area contributed by atoms with E-state index in [0.29, 0.717) is 23.1 Å². The summed E-state index contributed by atoms with van der Waals surface area (Å²) in [5.41, 5.74) is 0.748. The maximum absolute atomic E-state index is 11.8. The molecule has 118 valence electrons. The molecule has 0 unspecified atom stereocenters. The standard InChI is InChI=1S/C15H20N4O2S/c1-22(20,21)13-5-3-2-4-12(13)10-14-17-15(19-18-14)11-6-8-16-9-7-11/h2-5,11,16H,6-10H2,1H3,(H,17,18,19). The summed E-state index contributed by atoms with van der Waals surface area (Å²) in [5.74, 6) is 1.94. The second kappa shape index (κ2) is 6.18. The van der Waals surface area contributed by atoms with Crippen molar-refractivity contribution in [2.45, 2.75) is 30.1 Å². The van der Waals surface area contributed by atoms with Crippen molar-refractivity contribution in [2.24, 2.45) is 0 Å². The molecular weight excluding hydrogens is 300 g/mol. The van der Waals surface area contributed by atoms with E-state index >= 15 is 0 Å². The number of rotatable bonds is 4. The van der Waals surface area contributed by atoms with Crippen LogP contribution in [0.25, 0.3) is 0 Å². The molecule has 0 saturated carbocycles. The van der Waals surface area contributed by atoms with Crippen molar-refractivity contribution in [2.75, 3.05) is 19.3 Å². The first-order chi connectivity index (χ1) is 10.5. The summed E-state index contributed by atoms with van der Waals surface area (Å²) in [6, 6.07) is 7.03. The van der Waals surface area contributed by atoms with E-state index in [1.165, 1.54) is 6.26 Å². The fourth-order valence-electron chi connectivity index (χ4n) is 2.84. The predicted molar refractivity (Wildman–Crippen MR) is 83.6 cm³/mol. The highest BCUT2D eigenvalue weighted by Gasteiger charge is 2.20. The molecule has 7 heteroatoms. The fourth-order valence-corrected chi connectivity index (χ4v) is 3.79. The quantitative estimate of drug-likeness (QED) is 0.885. The molecule has 2 N–H and O–H groups in total. The molecule has 1 fully saturated rings. The second-order valence-corrected chi connectivity index (χ2v) is 7.71. The van der Waals surface area contributed by atoms with Gasteiger partial charge in [-0.2, -0.15) is 5.10 Å². The Morgan fingerprint density at radius 2 is 1.95 bits per heavy atom. The molecular formula is C15H20N4O2S. The highest BCUT2D eigenvalue weighted by Crippen LogP contribution is 2.23. The zero-order chi connectivity index (χ0) is 15.6. The zero-order valence-corrected chi connectivity index (χ0v) is 13.4. The summed E-state index contributed by atoms with van der Waals surface area (Å²) in [6.45, 7) is 1.98. The Morgan fingerprint density at radius 3 is 2.68 bits per heavy atom. The van der Waals surface area contributed by atoms with Gasteiger partial charge in [0.05, 0.1) is 4.90 Å². The average Bonchev–Trinajstić information content (AvgIpc) is 2.96. The third-order valence-electron chi connectivity index (χ3n) is 3.98. The van der Waals surface area contributed by atoms with Crippen LogP contribution in [0, 0.1) is 0 Å².